The molecule has 10 aliphatic rings. The van der Waals surface area contributed by atoms with Crippen molar-refractivity contribution in [3.05, 3.63) is 92.7 Å². The summed E-state index contributed by atoms with van der Waals surface area (Å²) in [6, 6.07) is 7.96. The van der Waals surface area contributed by atoms with Crippen molar-refractivity contribution in [2.24, 2.45) is 29.4 Å². The molecule has 6 heterocycles. The van der Waals surface area contributed by atoms with E-state index < -0.39 is 18.2 Å². The van der Waals surface area contributed by atoms with Gasteiger partial charge in [-0.05, 0) is 136 Å². The third-order valence-electron chi connectivity index (χ3n) is 19.2. The summed E-state index contributed by atoms with van der Waals surface area (Å²) >= 11 is 0. The number of hydrogen-bond donors (Lipinski definition) is 7. The number of phenols is 2. The van der Waals surface area contributed by atoms with Gasteiger partial charge in [0.05, 0.1) is 30.9 Å². The van der Waals surface area contributed by atoms with Gasteiger partial charge in [0.25, 0.3) is 0 Å². The van der Waals surface area contributed by atoms with Crippen LogP contribution in [0.2, 0.25) is 0 Å². The first kappa shape index (κ1) is 51.4. The second-order valence-electron chi connectivity index (χ2n) is 23.9. The maximum Gasteiger partial charge on any atom is 0.302 e. The van der Waals surface area contributed by atoms with Crippen molar-refractivity contribution in [2.75, 3.05) is 38.8 Å². The Hall–Kier alpha value is -5.08. The minimum Gasteiger partial charge on any atom is -0.508 e. The van der Waals surface area contributed by atoms with Crippen molar-refractivity contribution in [3.63, 3.8) is 0 Å². The maximum absolute atomic E-state index is 13.5. The Balaban J connectivity index is 1.06. The van der Waals surface area contributed by atoms with Gasteiger partial charge in [-0.1, -0.05) is 64.3 Å². The molecule has 2 saturated heterocycles. The van der Waals surface area contributed by atoms with Crippen molar-refractivity contribution < 1.29 is 38.7 Å². The van der Waals surface area contributed by atoms with Crippen LogP contribution in [0, 0.1) is 35.5 Å². The lowest BCUT2D eigenvalue weighted by molar-refractivity contribution is -0.142. The number of rotatable bonds is 6. The zero-order valence-corrected chi connectivity index (χ0v) is 46.1. The second-order valence-corrected chi connectivity index (χ2v) is 26.5. The number of ketones is 1. The van der Waals surface area contributed by atoms with E-state index in [-0.39, 0.29) is 72.0 Å². The van der Waals surface area contributed by atoms with Crippen molar-refractivity contribution >= 4 is 39.4 Å². The fourth-order valence-electron chi connectivity index (χ4n) is 15.8. The number of allylic oxidation sites excluding steroid dienone is 3. The van der Waals surface area contributed by atoms with Crippen LogP contribution >= 0.6 is 21.6 Å². The molecule has 13 rings (SSSR count). The molecule has 4 aliphatic carbocycles. The molecule has 6 bridgehead atoms. The predicted octanol–water partition coefficient (Wildman–Crippen LogP) is 9.09. The Morgan fingerprint density at radius 1 is 0.987 bits per heavy atom. The van der Waals surface area contributed by atoms with Gasteiger partial charge in [0, 0.05) is 107 Å². The summed E-state index contributed by atoms with van der Waals surface area (Å²) in [5.41, 5.74) is 16.6. The summed E-state index contributed by atoms with van der Waals surface area (Å²) in [6.45, 7) is 2.15. The van der Waals surface area contributed by atoms with Gasteiger partial charge in [-0.2, -0.15) is 0 Å². The summed E-state index contributed by atoms with van der Waals surface area (Å²) in [6.07, 6.45) is 19.2. The lowest BCUT2D eigenvalue weighted by Gasteiger charge is -2.43. The van der Waals surface area contributed by atoms with Crippen LogP contribution in [0.4, 0.5) is 0 Å². The van der Waals surface area contributed by atoms with Crippen LogP contribution in [0.25, 0.3) is 17.2 Å². The third-order valence-corrected chi connectivity index (χ3v) is 21.7. The standard InChI is InChI=1S/C62H73N5O8S2/c1-32(68)73-29-45-41-12-13-43-54-37(22-40(69)25-51(54)72-3)27-62-19-18-33(26-62)20-35-11-17-53(63)67-46(35)9-5-8-42-55(59(45)75-60(41)57(43)62)44-14-16-47-52(31-77-76-30-34-6-4-7-39(21-34)65-47)74-61(44)58(71)56(42)48-15-10-36-24-50(70)38(28-64-2)23-49(36)66-48/h11-14,16-17,22,25,33-34,36,38-39,45,47-49,52-53,59,64-67,69,71H,4,6-8,10,15,18-21,23-24,26-31,63H2,1-3H3. The van der Waals surface area contributed by atoms with Gasteiger partial charge in [-0.3, -0.25) is 9.59 Å². The fraction of sp³-hybridized carbons (Fsp3) is 0.548. The van der Waals surface area contributed by atoms with Crippen molar-refractivity contribution in [2.45, 2.75) is 151 Å². The average Bonchev–Trinajstić information content (AvgIpc) is 4.17. The summed E-state index contributed by atoms with van der Waals surface area (Å²) in [4.78, 5) is 26.6. The predicted molar refractivity (Wildman–Crippen MR) is 302 cm³/mol. The van der Waals surface area contributed by atoms with E-state index in [4.69, 9.17) is 24.7 Å². The van der Waals surface area contributed by atoms with E-state index in [0.29, 0.717) is 73.1 Å². The summed E-state index contributed by atoms with van der Waals surface area (Å²) < 4.78 is 27.6. The number of piperidine rings is 1. The van der Waals surface area contributed by atoms with Gasteiger partial charge in [-0.15, -0.1) is 0 Å². The van der Waals surface area contributed by atoms with E-state index in [1.54, 1.807) is 13.2 Å². The highest BCUT2D eigenvalue weighted by Crippen LogP contribution is 2.64. The molecule has 406 valence electrons. The van der Waals surface area contributed by atoms with E-state index in [9.17, 15) is 19.8 Å². The van der Waals surface area contributed by atoms with Crippen LogP contribution in [0.5, 0.6) is 28.7 Å². The molecule has 6 aliphatic heterocycles. The second kappa shape index (κ2) is 20.9. The monoisotopic (exact) mass is 1080 g/mol. The smallest absolute Gasteiger partial charge is 0.302 e. The maximum atomic E-state index is 13.5. The highest BCUT2D eigenvalue weighted by molar-refractivity contribution is 8.76. The molecule has 8 N–H and O–H groups in total. The Morgan fingerprint density at radius 3 is 2.73 bits per heavy atom. The molecule has 3 aromatic rings. The van der Waals surface area contributed by atoms with Crippen LogP contribution in [-0.2, 0) is 32.6 Å². The number of fused-ring (bicyclic) bond motifs is 12. The number of ether oxygens (including phenoxy) is 4. The van der Waals surface area contributed by atoms with Gasteiger partial charge >= 0.3 is 5.97 Å². The number of carbonyl (C=O) groups is 2. The number of hydrogen-bond acceptors (Lipinski definition) is 15. The number of nitrogens with two attached hydrogens (primary N) is 1. The zero-order chi connectivity index (χ0) is 52.7. The van der Waals surface area contributed by atoms with Crippen LogP contribution < -0.4 is 41.2 Å². The number of Topliss-reactive ketones (excluding diaryl/α,β-unsaturated/α-hetero) is 1. The molecule has 0 aromatic heterocycles. The summed E-state index contributed by atoms with van der Waals surface area (Å²) in [5, 5.41) is 39.6. The minimum absolute atomic E-state index is 0.0588. The number of esters is 1. The topological polar surface area (TPSA) is 186 Å². The number of methoxy groups -OCH3 is 1. The highest BCUT2D eigenvalue weighted by atomic mass is 33.1. The molecule has 13 unspecified atom stereocenters. The van der Waals surface area contributed by atoms with Gasteiger partial charge in [0.2, 0.25) is 0 Å². The van der Waals surface area contributed by atoms with Gasteiger partial charge < -0.3 is 56.2 Å². The molecule has 5 fully saturated rings. The number of nitrogens with one attached hydrogen (secondary N) is 4. The molecule has 3 aromatic carbocycles. The minimum atomic E-state index is -0.701. The first-order valence-corrected chi connectivity index (χ1v) is 30.9. The summed E-state index contributed by atoms with van der Waals surface area (Å²) in [5.74, 6) is 11.8. The average molecular weight is 1080 g/mol. The van der Waals surface area contributed by atoms with Crippen molar-refractivity contribution in [3.8, 4) is 51.7 Å². The van der Waals surface area contributed by atoms with Crippen molar-refractivity contribution in [1.29, 1.82) is 0 Å². The normalized spacial score (nSPS) is 33.5. The van der Waals surface area contributed by atoms with Gasteiger partial charge in [0.1, 0.15) is 41.8 Å². The first-order chi connectivity index (χ1) is 37.4. The molecular weight excluding hydrogens is 1010 g/mol. The van der Waals surface area contributed by atoms with Crippen LogP contribution in [-0.4, -0.2) is 91.2 Å². The number of aromatic hydroxyl groups is 2. The van der Waals surface area contributed by atoms with E-state index >= 15 is 0 Å². The molecule has 3 saturated carbocycles. The lowest BCUT2D eigenvalue weighted by atomic mass is 9.65. The quantitative estimate of drug-likeness (QED) is 0.0704. The number of dihydropyridines is 1. The molecule has 15 heteroatoms. The number of carbonyl (C=O) groups excluding carboxylic acids is 2. The number of benzene rings is 3. The van der Waals surface area contributed by atoms with E-state index in [2.05, 4.69) is 63.5 Å². The Morgan fingerprint density at radius 2 is 1.87 bits per heavy atom. The third kappa shape index (κ3) is 9.34. The number of phenolic OH excluding ortho intramolecular Hbond substituents is 2. The van der Waals surface area contributed by atoms with Gasteiger partial charge in [0.15, 0.2) is 11.5 Å². The largest absolute Gasteiger partial charge is 0.508 e. The van der Waals surface area contributed by atoms with E-state index in [0.717, 1.165) is 118 Å². The molecule has 13 nitrogen and oxygen atoms in total. The molecule has 0 amide bonds. The fourth-order valence-corrected chi connectivity index (χ4v) is 18.4. The van der Waals surface area contributed by atoms with Crippen LogP contribution in [0.15, 0.2) is 53.8 Å². The van der Waals surface area contributed by atoms with Crippen LogP contribution in [0.1, 0.15) is 141 Å². The molecule has 13 atom stereocenters. The molecule has 1 spiro atoms. The Kier molecular flexibility index (Phi) is 13.9. The van der Waals surface area contributed by atoms with Crippen molar-refractivity contribution in [1.82, 2.24) is 21.3 Å². The van der Waals surface area contributed by atoms with Gasteiger partial charge in [-0.25, -0.2) is 0 Å². The lowest BCUT2D eigenvalue weighted by Crippen LogP contribution is -2.50. The molecular formula is C62H73N5O8S2. The van der Waals surface area contributed by atoms with E-state index in [1.807, 2.05) is 40.8 Å². The Bertz CT molecular complexity index is 3060. The SMILES string of the molecule is CNCC1CC2NC(c3c(O)c4c(c5c3CC#CC3=C(C=CC(N)N3)CC3CCC6(Cc7cc(O)cc(OC)c7-c7ccc8c(c76)OC5C8COC(C)=O)C3)C=CC3NC5CCCC(CSSCC3O4)C5)CCC2CC1=O. The molecule has 0 radical (unpaired) electrons. The zero-order valence-electron chi connectivity index (χ0n) is 44.5. The van der Waals surface area contributed by atoms with Crippen LogP contribution in [0.3, 0.4) is 0 Å². The highest BCUT2D eigenvalue weighted by Gasteiger charge is 2.52. The first-order valence-electron chi connectivity index (χ1n) is 28.5. The molecule has 77 heavy (non-hydrogen) atoms. The summed E-state index contributed by atoms with van der Waals surface area (Å²) in [7, 11) is 7.37. The Labute approximate surface area is 460 Å². The van der Waals surface area contributed by atoms with E-state index in [1.165, 1.54) is 19.8 Å².